The van der Waals surface area contributed by atoms with Gasteiger partial charge in [-0.25, -0.2) is 0 Å². The van der Waals surface area contributed by atoms with E-state index in [-0.39, 0.29) is 0 Å². The van der Waals surface area contributed by atoms with Crippen LogP contribution in [0.25, 0.3) is 0 Å². The van der Waals surface area contributed by atoms with Crippen molar-refractivity contribution in [1.82, 2.24) is 20.3 Å². The van der Waals surface area contributed by atoms with E-state index in [0.29, 0.717) is 11.4 Å². The molecule has 0 spiro atoms. The van der Waals surface area contributed by atoms with Crippen molar-refractivity contribution in [1.29, 1.82) is 0 Å². The van der Waals surface area contributed by atoms with Crippen LogP contribution in [0.5, 0.6) is 0 Å². The summed E-state index contributed by atoms with van der Waals surface area (Å²) in [5.74, 6) is 1.20. The van der Waals surface area contributed by atoms with Gasteiger partial charge >= 0.3 is 0 Å². The number of nitrogens with zero attached hydrogens (tertiary/aromatic N) is 3. The molecule has 1 aromatic heterocycles. The van der Waals surface area contributed by atoms with Gasteiger partial charge in [-0.05, 0) is 19.1 Å². The first-order chi connectivity index (χ1) is 6.25. The van der Waals surface area contributed by atoms with Gasteiger partial charge in [-0.3, -0.25) is 5.32 Å². The van der Waals surface area contributed by atoms with Gasteiger partial charge in [0.15, 0.2) is 0 Å². The van der Waals surface area contributed by atoms with Crippen LogP contribution in [0.3, 0.4) is 0 Å². The van der Waals surface area contributed by atoms with Gasteiger partial charge in [0, 0.05) is 13.1 Å². The lowest BCUT2D eigenvalue weighted by Crippen LogP contribution is -2.33. The Morgan fingerprint density at radius 1 is 1.69 bits per heavy atom. The molecule has 1 aromatic rings. The summed E-state index contributed by atoms with van der Waals surface area (Å²) in [5.41, 5.74) is 1.04. The molecule has 1 N–H and O–H groups in total. The van der Waals surface area contributed by atoms with Gasteiger partial charge in [-0.15, -0.1) is 11.8 Å². The highest BCUT2D eigenvalue weighted by molar-refractivity contribution is 7.99. The molecular weight excluding hydrogens is 184 g/mol. The van der Waals surface area contributed by atoms with Crippen LogP contribution < -0.4 is 5.32 Å². The lowest BCUT2D eigenvalue weighted by molar-refractivity contribution is 0.502. The Morgan fingerprint density at radius 2 is 2.54 bits per heavy atom. The summed E-state index contributed by atoms with van der Waals surface area (Å²) in [7, 11) is 1.85. The van der Waals surface area contributed by atoms with Crippen LogP contribution in [0.4, 0.5) is 0 Å². The molecule has 5 heteroatoms. The van der Waals surface area contributed by atoms with Crippen LogP contribution in [-0.4, -0.2) is 26.8 Å². The van der Waals surface area contributed by atoms with E-state index in [1.54, 1.807) is 4.80 Å². The summed E-state index contributed by atoms with van der Waals surface area (Å²) in [6, 6.07) is 0.591. The highest BCUT2D eigenvalue weighted by Gasteiger charge is 2.21. The van der Waals surface area contributed by atoms with E-state index in [4.69, 9.17) is 0 Å². The Balaban J connectivity index is 2.08. The predicted molar refractivity (Wildman–Crippen MR) is 53.4 cm³/mol. The minimum atomic E-state index is 0.331. The molecule has 0 bridgehead atoms. The number of aryl methyl sites for hydroxylation is 1. The summed E-state index contributed by atoms with van der Waals surface area (Å²) in [5, 5.41) is 12.2. The molecule has 0 saturated carbocycles. The molecule has 1 saturated heterocycles. The average molecular weight is 198 g/mol. The number of nitrogens with one attached hydrogen (secondary N) is 1. The number of thioether (sulfide) groups is 1. The summed E-state index contributed by atoms with van der Waals surface area (Å²) in [6.45, 7) is 2.21. The maximum Gasteiger partial charge on any atom is 0.110 e. The Kier molecular flexibility index (Phi) is 2.55. The zero-order valence-corrected chi connectivity index (χ0v) is 8.71. The Bertz CT molecular complexity index is 285. The second-order valence-corrected chi connectivity index (χ2v) is 4.58. The van der Waals surface area contributed by atoms with Crippen molar-refractivity contribution in [2.24, 2.45) is 7.05 Å². The molecule has 2 rings (SSSR count). The van der Waals surface area contributed by atoms with E-state index in [1.807, 2.05) is 25.0 Å². The van der Waals surface area contributed by atoms with Gasteiger partial charge in [0.2, 0.25) is 0 Å². The molecule has 1 fully saturated rings. The van der Waals surface area contributed by atoms with Gasteiger partial charge in [0.05, 0.1) is 11.6 Å². The fourth-order valence-electron chi connectivity index (χ4n) is 1.40. The van der Waals surface area contributed by atoms with Crippen LogP contribution in [0.15, 0.2) is 6.20 Å². The van der Waals surface area contributed by atoms with E-state index in [0.717, 1.165) is 5.69 Å². The predicted octanol–water partition coefficient (Wildman–Crippen LogP) is 0.929. The Hall–Kier alpha value is -0.550. The quantitative estimate of drug-likeness (QED) is 0.729. The molecule has 2 heterocycles. The number of hydrogen-bond acceptors (Lipinski definition) is 4. The molecule has 1 aliphatic heterocycles. The van der Waals surface area contributed by atoms with Crippen molar-refractivity contribution in [3.05, 3.63) is 11.9 Å². The lowest BCUT2D eigenvalue weighted by Gasteiger charge is -2.26. The third kappa shape index (κ3) is 2.03. The maximum absolute atomic E-state index is 4.29. The first-order valence-electron chi connectivity index (χ1n) is 4.49. The molecule has 72 valence electrons. The molecule has 2 unspecified atom stereocenters. The Morgan fingerprint density at radius 3 is 3.15 bits per heavy atom. The van der Waals surface area contributed by atoms with Crippen molar-refractivity contribution in [3.63, 3.8) is 0 Å². The first kappa shape index (κ1) is 9.02. The molecule has 0 aromatic carbocycles. The van der Waals surface area contributed by atoms with E-state index in [2.05, 4.69) is 22.4 Å². The van der Waals surface area contributed by atoms with Gasteiger partial charge in [-0.2, -0.15) is 15.0 Å². The average Bonchev–Trinajstić information content (AvgIpc) is 2.52. The van der Waals surface area contributed by atoms with Crippen LogP contribution in [-0.2, 0) is 7.05 Å². The smallest absolute Gasteiger partial charge is 0.110 e. The fraction of sp³-hybridized carbons (Fsp3) is 0.750. The van der Waals surface area contributed by atoms with Gasteiger partial charge in [0.1, 0.15) is 5.69 Å². The van der Waals surface area contributed by atoms with Crippen molar-refractivity contribution >= 4 is 11.8 Å². The molecule has 0 amide bonds. The molecule has 2 atom stereocenters. The zero-order chi connectivity index (χ0) is 9.26. The first-order valence-corrected chi connectivity index (χ1v) is 5.54. The topological polar surface area (TPSA) is 42.7 Å². The SMILES string of the molecule is CC1CCSC(c2cnn(C)n2)N1. The molecule has 0 aliphatic carbocycles. The minimum Gasteiger partial charge on any atom is -0.298 e. The van der Waals surface area contributed by atoms with Gasteiger partial charge in [-0.1, -0.05) is 0 Å². The highest BCUT2D eigenvalue weighted by Crippen LogP contribution is 2.29. The number of aromatic nitrogens is 3. The summed E-state index contributed by atoms with van der Waals surface area (Å²) in [4.78, 5) is 1.61. The largest absolute Gasteiger partial charge is 0.298 e. The van der Waals surface area contributed by atoms with Crippen molar-refractivity contribution in [2.75, 3.05) is 5.75 Å². The standard InChI is InChI=1S/C8H14N4S/c1-6-3-4-13-8(10-6)7-5-9-12(2)11-7/h5-6,8,10H,3-4H2,1-2H3. The second kappa shape index (κ2) is 3.67. The third-order valence-electron chi connectivity index (χ3n) is 2.16. The molecule has 0 radical (unpaired) electrons. The van der Waals surface area contributed by atoms with Crippen molar-refractivity contribution < 1.29 is 0 Å². The van der Waals surface area contributed by atoms with Crippen LogP contribution in [0, 0.1) is 0 Å². The van der Waals surface area contributed by atoms with Crippen molar-refractivity contribution in [2.45, 2.75) is 24.8 Å². The summed E-state index contributed by atoms with van der Waals surface area (Å²) < 4.78 is 0. The number of hydrogen-bond donors (Lipinski definition) is 1. The number of rotatable bonds is 1. The molecule has 4 nitrogen and oxygen atoms in total. The normalized spacial score (nSPS) is 29.1. The Labute approximate surface area is 82.1 Å². The monoisotopic (exact) mass is 198 g/mol. The summed E-state index contributed by atoms with van der Waals surface area (Å²) in [6.07, 6.45) is 3.07. The molecule has 1 aliphatic rings. The lowest BCUT2D eigenvalue weighted by atomic mass is 10.2. The van der Waals surface area contributed by atoms with E-state index < -0.39 is 0 Å². The van der Waals surface area contributed by atoms with Crippen LogP contribution in [0.2, 0.25) is 0 Å². The molecule has 13 heavy (non-hydrogen) atoms. The highest BCUT2D eigenvalue weighted by atomic mass is 32.2. The fourth-order valence-corrected chi connectivity index (χ4v) is 2.74. The molecular formula is C8H14N4S. The third-order valence-corrected chi connectivity index (χ3v) is 3.34. The van der Waals surface area contributed by atoms with Crippen LogP contribution in [0.1, 0.15) is 24.4 Å². The van der Waals surface area contributed by atoms with E-state index >= 15 is 0 Å². The van der Waals surface area contributed by atoms with Crippen LogP contribution >= 0.6 is 11.8 Å². The second-order valence-electron chi connectivity index (χ2n) is 3.37. The van der Waals surface area contributed by atoms with Crippen molar-refractivity contribution in [3.8, 4) is 0 Å². The maximum atomic E-state index is 4.29. The minimum absolute atomic E-state index is 0.331. The van der Waals surface area contributed by atoms with Gasteiger partial charge < -0.3 is 0 Å². The zero-order valence-electron chi connectivity index (χ0n) is 7.90. The summed E-state index contributed by atoms with van der Waals surface area (Å²) >= 11 is 1.91. The van der Waals surface area contributed by atoms with Gasteiger partial charge in [0.25, 0.3) is 0 Å². The van der Waals surface area contributed by atoms with E-state index in [9.17, 15) is 0 Å². The van der Waals surface area contributed by atoms with E-state index in [1.165, 1.54) is 12.2 Å².